The molecule has 0 radical (unpaired) electrons. The van der Waals surface area contributed by atoms with Crippen LogP contribution in [0.3, 0.4) is 0 Å². The first-order valence-electron chi connectivity index (χ1n) is 9.11. The molecule has 0 aliphatic rings. The molecule has 2 aromatic carbocycles. The summed E-state index contributed by atoms with van der Waals surface area (Å²) in [7, 11) is 4.04. The van der Waals surface area contributed by atoms with Crippen molar-refractivity contribution in [1.82, 2.24) is 20.2 Å². The Morgan fingerprint density at radius 3 is 2.22 bits per heavy atom. The summed E-state index contributed by atoms with van der Waals surface area (Å²) in [6.07, 6.45) is 0. The summed E-state index contributed by atoms with van der Waals surface area (Å²) in [4.78, 5) is 23.9. The van der Waals surface area contributed by atoms with Gasteiger partial charge >= 0.3 is 0 Å². The van der Waals surface area contributed by atoms with Gasteiger partial charge in [0.25, 0.3) is 5.91 Å². The number of rotatable bonds is 5. The molecule has 1 aromatic heterocycles. The molecule has 1 amide bonds. The minimum Gasteiger partial charge on any atom is -0.350 e. The van der Waals surface area contributed by atoms with Gasteiger partial charge < -0.3 is 10.2 Å². The number of amides is 1. The number of nitrogens with one attached hydrogen (secondary N) is 1. The summed E-state index contributed by atoms with van der Waals surface area (Å²) in [5, 5.41) is 3.06. The van der Waals surface area contributed by atoms with E-state index in [9.17, 15) is 4.79 Å². The fraction of sp³-hybridized carbons (Fsp3) is 0.318. The summed E-state index contributed by atoms with van der Waals surface area (Å²) >= 11 is 0. The van der Waals surface area contributed by atoms with Gasteiger partial charge in [0.15, 0.2) is 0 Å². The molecular formula is C22H26N4O. The van der Waals surface area contributed by atoms with Gasteiger partial charge in [0, 0.05) is 12.1 Å². The van der Waals surface area contributed by atoms with Crippen LogP contribution in [0.25, 0.3) is 11.0 Å². The lowest BCUT2D eigenvalue weighted by Crippen LogP contribution is -2.34. The Balaban J connectivity index is 1.76. The SMILES string of the molecule is Cc1ccc(C(CNC(=O)c2ccc3nc(C)c(C)nc3c2)N(C)C)cc1. The zero-order valence-electron chi connectivity index (χ0n) is 16.6. The highest BCUT2D eigenvalue weighted by Crippen LogP contribution is 2.19. The van der Waals surface area contributed by atoms with Gasteiger partial charge in [-0.3, -0.25) is 4.79 Å². The average molecular weight is 362 g/mol. The van der Waals surface area contributed by atoms with E-state index in [2.05, 4.69) is 51.4 Å². The second-order valence-electron chi connectivity index (χ2n) is 7.20. The van der Waals surface area contributed by atoms with Crippen molar-refractivity contribution in [2.75, 3.05) is 20.6 Å². The first-order chi connectivity index (χ1) is 12.8. The number of fused-ring (bicyclic) bond motifs is 1. The lowest BCUT2D eigenvalue weighted by molar-refractivity contribution is 0.0942. The van der Waals surface area contributed by atoms with Crippen molar-refractivity contribution in [1.29, 1.82) is 0 Å². The van der Waals surface area contributed by atoms with Crippen LogP contribution in [0, 0.1) is 20.8 Å². The van der Waals surface area contributed by atoms with Crippen molar-refractivity contribution in [3.05, 3.63) is 70.5 Å². The van der Waals surface area contributed by atoms with E-state index in [1.54, 1.807) is 12.1 Å². The molecule has 0 fully saturated rings. The molecule has 27 heavy (non-hydrogen) atoms. The highest BCUT2D eigenvalue weighted by molar-refractivity contribution is 5.97. The monoisotopic (exact) mass is 362 g/mol. The number of benzene rings is 2. The van der Waals surface area contributed by atoms with E-state index in [-0.39, 0.29) is 11.9 Å². The van der Waals surface area contributed by atoms with Crippen LogP contribution in [0.1, 0.15) is 38.9 Å². The van der Waals surface area contributed by atoms with Crippen LogP contribution in [0.5, 0.6) is 0 Å². The van der Waals surface area contributed by atoms with Crippen molar-refractivity contribution in [2.24, 2.45) is 0 Å². The van der Waals surface area contributed by atoms with E-state index < -0.39 is 0 Å². The molecule has 0 spiro atoms. The quantitative estimate of drug-likeness (QED) is 0.754. The number of nitrogens with zero attached hydrogens (tertiary/aromatic N) is 3. The molecule has 3 rings (SSSR count). The summed E-state index contributed by atoms with van der Waals surface area (Å²) in [5.74, 6) is -0.101. The molecule has 1 atom stereocenters. The first kappa shape index (κ1) is 19.0. The highest BCUT2D eigenvalue weighted by atomic mass is 16.1. The van der Waals surface area contributed by atoms with Crippen LogP contribution in [-0.4, -0.2) is 41.4 Å². The minimum atomic E-state index is -0.101. The third kappa shape index (κ3) is 4.31. The minimum absolute atomic E-state index is 0.101. The van der Waals surface area contributed by atoms with E-state index in [1.807, 2.05) is 34.0 Å². The van der Waals surface area contributed by atoms with Crippen molar-refractivity contribution in [2.45, 2.75) is 26.8 Å². The van der Waals surface area contributed by atoms with Crippen molar-refractivity contribution < 1.29 is 4.79 Å². The molecule has 140 valence electrons. The summed E-state index contributed by atoms with van der Waals surface area (Å²) < 4.78 is 0. The van der Waals surface area contributed by atoms with Gasteiger partial charge in [-0.2, -0.15) is 0 Å². The second-order valence-corrected chi connectivity index (χ2v) is 7.20. The van der Waals surface area contributed by atoms with Crippen LogP contribution in [0.2, 0.25) is 0 Å². The fourth-order valence-corrected chi connectivity index (χ4v) is 3.05. The molecule has 0 saturated carbocycles. The van der Waals surface area contributed by atoms with E-state index in [0.29, 0.717) is 12.1 Å². The standard InChI is InChI=1S/C22H26N4O/c1-14-6-8-17(9-7-14)21(26(4)5)13-23-22(27)18-10-11-19-20(12-18)25-16(3)15(2)24-19/h6-12,21H,13H2,1-5H3,(H,23,27). The Morgan fingerprint density at radius 1 is 0.963 bits per heavy atom. The number of carbonyl (C=O) groups excluding carboxylic acids is 1. The van der Waals surface area contributed by atoms with Crippen LogP contribution in [0.15, 0.2) is 42.5 Å². The molecule has 1 N–H and O–H groups in total. The fourth-order valence-electron chi connectivity index (χ4n) is 3.05. The van der Waals surface area contributed by atoms with E-state index in [0.717, 1.165) is 22.4 Å². The van der Waals surface area contributed by atoms with Gasteiger partial charge in [-0.25, -0.2) is 9.97 Å². The maximum atomic E-state index is 12.7. The second kappa shape index (κ2) is 7.84. The van der Waals surface area contributed by atoms with Crippen molar-refractivity contribution >= 4 is 16.9 Å². The largest absolute Gasteiger partial charge is 0.350 e. The van der Waals surface area contributed by atoms with Gasteiger partial charge in [-0.1, -0.05) is 29.8 Å². The van der Waals surface area contributed by atoms with Crippen LogP contribution in [0.4, 0.5) is 0 Å². The molecule has 3 aromatic rings. The van der Waals surface area contributed by atoms with Crippen LogP contribution >= 0.6 is 0 Å². The maximum absolute atomic E-state index is 12.7. The molecular weight excluding hydrogens is 336 g/mol. The van der Waals surface area contributed by atoms with Gasteiger partial charge in [0.2, 0.25) is 0 Å². The predicted molar refractivity (Wildman–Crippen MR) is 109 cm³/mol. The molecule has 0 bridgehead atoms. The first-order valence-corrected chi connectivity index (χ1v) is 9.11. The number of aryl methyl sites for hydroxylation is 3. The van der Waals surface area contributed by atoms with E-state index in [4.69, 9.17) is 0 Å². The van der Waals surface area contributed by atoms with E-state index >= 15 is 0 Å². The normalized spacial score (nSPS) is 12.4. The average Bonchev–Trinajstić information content (AvgIpc) is 2.63. The topological polar surface area (TPSA) is 58.1 Å². The molecule has 0 saturated heterocycles. The number of likely N-dealkylation sites (N-methyl/N-ethyl adjacent to an activating group) is 1. The van der Waals surface area contributed by atoms with Gasteiger partial charge in [-0.15, -0.1) is 0 Å². The summed E-state index contributed by atoms with van der Waals surface area (Å²) in [6, 6.07) is 14.0. The third-order valence-corrected chi connectivity index (χ3v) is 4.88. The molecule has 1 heterocycles. The van der Waals surface area contributed by atoms with Gasteiger partial charge in [0.05, 0.1) is 28.5 Å². The van der Waals surface area contributed by atoms with Gasteiger partial charge in [-0.05, 0) is 58.6 Å². The Labute approximate surface area is 160 Å². The molecule has 0 aliphatic carbocycles. The number of carbonyl (C=O) groups is 1. The molecule has 5 heteroatoms. The molecule has 1 unspecified atom stereocenters. The number of hydrogen-bond acceptors (Lipinski definition) is 4. The van der Waals surface area contributed by atoms with E-state index in [1.165, 1.54) is 11.1 Å². The zero-order chi connectivity index (χ0) is 19.6. The Kier molecular flexibility index (Phi) is 5.51. The summed E-state index contributed by atoms with van der Waals surface area (Å²) in [6.45, 7) is 6.47. The van der Waals surface area contributed by atoms with Gasteiger partial charge in [0.1, 0.15) is 0 Å². The molecule has 5 nitrogen and oxygen atoms in total. The third-order valence-electron chi connectivity index (χ3n) is 4.88. The van der Waals surface area contributed by atoms with Crippen LogP contribution in [-0.2, 0) is 0 Å². The van der Waals surface area contributed by atoms with Crippen LogP contribution < -0.4 is 5.32 Å². The Hall–Kier alpha value is -2.79. The van der Waals surface area contributed by atoms with Crippen molar-refractivity contribution in [3.8, 4) is 0 Å². The van der Waals surface area contributed by atoms with Crippen molar-refractivity contribution in [3.63, 3.8) is 0 Å². The lowest BCUT2D eigenvalue weighted by Gasteiger charge is -2.25. The maximum Gasteiger partial charge on any atom is 0.251 e. The summed E-state index contributed by atoms with van der Waals surface area (Å²) in [5.41, 5.74) is 6.35. The lowest BCUT2D eigenvalue weighted by atomic mass is 10.0. The Morgan fingerprint density at radius 2 is 1.59 bits per heavy atom. The molecule has 0 aliphatic heterocycles. The number of hydrogen-bond donors (Lipinski definition) is 1. The Bertz CT molecular complexity index is 964. The zero-order valence-corrected chi connectivity index (χ0v) is 16.6. The highest BCUT2D eigenvalue weighted by Gasteiger charge is 2.16. The smallest absolute Gasteiger partial charge is 0.251 e. The number of aromatic nitrogens is 2. The predicted octanol–water partition coefficient (Wildman–Crippen LogP) is 3.59.